The number of esters is 3. The zero-order chi connectivity index (χ0) is 29.6. The molecular weight excluding hydrogens is 551 g/mol. The fourth-order valence-corrected chi connectivity index (χ4v) is 4.33. The second kappa shape index (κ2) is 12.4. The van der Waals surface area contributed by atoms with Gasteiger partial charge >= 0.3 is 23.6 Å². The van der Waals surface area contributed by atoms with Crippen LogP contribution < -0.4 is 11.2 Å². The van der Waals surface area contributed by atoms with Gasteiger partial charge in [0.25, 0.3) is 5.56 Å². The van der Waals surface area contributed by atoms with E-state index in [2.05, 4.69) is 0 Å². The molecule has 0 radical (unpaired) electrons. The number of nitrogens with one attached hydrogen (secondary N) is 1. The molecule has 0 saturated carbocycles. The summed E-state index contributed by atoms with van der Waals surface area (Å²) in [6.45, 7) is -0.503. The van der Waals surface area contributed by atoms with E-state index in [-0.39, 0.29) is 16.7 Å². The van der Waals surface area contributed by atoms with Gasteiger partial charge in [-0.25, -0.2) is 19.2 Å². The molecule has 1 aliphatic heterocycles. The summed E-state index contributed by atoms with van der Waals surface area (Å²) in [7, 11) is 0. The van der Waals surface area contributed by atoms with Gasteiger partial charge in [0, 0.05) is 0 Å². The third-order valence-electron chi connectivity index (χ3n) is 6.38. The average Bonchev–Trinajstić information content (AvgIpc) is 3.34. The standard InChI is InChI=1S/C30H23FN2O9/c31-21-16-33(30(38)32-25(21)34)26-24(42-29(37)20-14-8-3-9-15-20)23(41-28(36)19-12-6-2-7-13-19)22(40-26)17-39-27(35)18-10-4-1-5-11-18/h1-16,22-24,26H,17H2,(H,32,34,38)/t22-,23-,24-,26+/m0/s1. The average molecular weight is 575 g/mol. The van der Waals surface area contributed by atoms with Crippen LogP contribution in [0, 0.1) is 5.82 Å². The second-order valence-corrected chi connectivity index (χ2v) is 9.15. The summed E-state index contributed by atoms with van der Waals surface area (Å²) in [4.78, 5) is 65.1. The van der Waals surface area contributed by atoms with Gasteiger partial charge in [-0.15, -0.1) is 0 Å². The van der Waals surface area contributed by atoms with E-state index in [4.69, 9.17) is 18.9 Å². The summed E-state index contributed by atoms with van der Waals surface area (Å²) in [5, 5.41) is 0. The lowest BCUT2D eigenvalue weighted by molar-refractivity contribution is -0.0643. The van der Waals surface area contributed by atoms with E-state index in [0.717, 1.165) is 0 Å². The van der Waals surface area contributed by atoms with Crippen molar-refractivity contribution in [2.45, 2.75) is 24.5 Å². The highest BCUT2D eigenvalue weighted by Crippen LogP contribution is 2.34. The van der Waals surface area contributed by atoms with Crippen LogP contribution in [0.4, 0.5) is 4.39 Å². The van der Waals surface area contributed by atoms with Gasteiger partial charge in [0.15, 0.2) is 18.4 Å². The maximum atomic E-state index is 14.3. The van der Waals surface area contributed by atoms with Crippen LogP contribution in [-0.2, 0) is 18.9 Å². The highest BCUT2D eigenvalue weighted by molar-refractivity contribution is 5.91. The van der Waals surface area contributed by atoms with E-state index >= 15 is 0 Å². The predicted molar refractivity (Wildman–Crippen MR) is 143 cm³/mol. The van der Waals surface area contributed by atoms with Crippen LogP contribution in [0.15, 0.2) is 107 Å². The van der Waals surface area contributed by atoms with Crippen LogP contribution in [0.1, 0.15) is 37.3 Å². The third kappa shape index (κ3) is 6.18. The molecule has 0 bridgehead atoms. The molecule has 214 valence electrons. The third-order valence-corrected chi connectivity index (χ3v) is 6.38. The minimum atomic E-state index is -1.59. The van der Waals surface area contributed by atoms with Crippen molar-refractivity contribution in [2.24, 2.45) is 0 Å². The van der Waals surface area contributed by atoms with Crippen molar-refractivity contribution in [3.05, 3.63) is 141 Å². The molecule has 4 atom stereocenters. The zero-order valence-corrected chi connectivity index (χ0v) is 21.8. The molecule has 0 spiro atoms. The lowest BCUT2D eigenvalue weighted by atomic mass is 10.1. The number of nitrogens with zero attached hydrogens (tertiary/aromatic N) is 1. The minimum Gasteiger partial charge on any atom is -0.459 e. The predicted octanol–water partition coefficient (Wildman–Crippen LogP) is 2.88. The highest BCUT2D eigenvalue weighted by atomic mass is 19.1. The number of ether oxygens (including phenoxy) is 4. The summed E-state index contributed by atoms with van der Waals surface area (Å²) in [5.74, 6) is -3.73. The van der Waals surface area contributed by atoms with E-state index < -0.39 is 66.1 Å². The molecule has 1 saturated heterocycles. The Morgan fingerprint density at radius 3 is 1.74 bits per heavy atom. The minimum absolute atomic E-state index is 0.128. The van der Waals surface area contributed by atoms with Crippen molar-refractivity contribution in [3.8, 4) is 0 Å². The van der Waals surface area contributed by atoms with E-state index in [9.17, 15) is 28.4 Å². The quantitative estimate of drug-likeness (QED) is 0.248. The lowest BCUT2D eigenvalue weighted by Gasteiger charge is -2.25. The number of carbonyl (C=O) groups excluding carboxylic acids is 3. The SMILES string of the molecule is O=C(OC[C@@H]1O[C@@H](n2cc(F)c(=O)[nH]c2=O)[C@@H](OC(=O)c2ccccc2)[C@H]1OC(=O)c1ccccc1)c1ccccc1. The van der Waals surface area contributed by atoms with Gasteiger partial charge in [0.2, 0.25) is 5.82 Å². The summed E-state index contributed by atoms with van der Waals surface area (Å²) >= 11 is 0. The van der Waals surface area contributed by atoms with Gasteiger partial charge in [-0.2, -0.15) is 4.39 Å². The Kier molecular flexibility index (Phi) is 8.34. The van der Waals surface area contributed by atoms with Crippen LogP contribution in [0.25, 0.3) is 0 Å². The molecule has 4 aromatic rings. The fraction of sp³-hybridized carbons (Fsp3) is 0.167. The first-order valence-electron chi connectivity index (χ1n) is 12.7. The van der Waals surface area contributed by atoms with Gasteiger partial charge in [-0.05, 0) is 36.4 Å². The maximum absolute atomic E-state index is 14.3. The number of rotatable bonds is 8. The van der Waals surface area contributed by atoms with Gasteiger partial charge in [0.05, 0.1) is 22.9 Å². The Hall–Kier alpha value is -5.36. The van der Waals surface area contributed by atoms with Crippen molar-refractivity contribution in [1.29, 1.82) is 0 Å². The van der Waals surface area contributed by atoms with E-state index in [1.54, 1.807) is 54.6 Å². The second-order valence-electron chi connectivity index (χ2n) is 9.15. The summed E-state index contributed by atoms with van der Waals surface area (Å²) in [5.41, 5.74) is -1.84. The molecule has 1 aromatic heterocycles. The summed E-state index contributed by atoms with van der Waals surface area (Å²) < 4.78 is 37.8. The Balaban J connectivity index is 1.52. The van der Waals surface area contributed by atoms with Gasteiger partial charge in [0.1, 0.15) is 12.7 Å². The summed E-state index contributed by atoms with van der Waals surface area (Å²) in [6, 6.07) is 23.8. The number of H-pyrrole nitrogens is 1. The van der Waals surface area contributed by atoms with Crippen molar-refractivity contribution in [3.63, 3.8) is 0 Å². The number of benzene rings is 3. The van der Waals surface area contributed by atoms with E-state index in [1.165, 1.54) is 36.4 Å². The van der Waals surface area contributed by atoms with Crippen molar-refractivity contribution < 1.29 is 37.7 Å². The number of halogens is 1. The van der Waals surface area contributed by atoms with Crippen molar-refractivity contribution in [2.75, 3.05) is 6.61 Å². The van der Waals surface area contributed by atoms with Crippen LogP contribution in [0.5, 0.6) is 0 Å². The monoisotopic (exact) mass is 574 g/mol. The molecule has 2 heterocycles. The Bertz CT molecular complexity index is 1690. The molecule has 11 nitrogen and oxygen atoms in total. The molecule has 3 aromatic carbocycles. The molecule has 1 fully saturated rings. The largest absolute Gasteiger partial charge is 0.459 e. The van der Waals surface area contributed by atoms with Crippen molar-refractivity contribution >= 4 is 17.9 Å². The molecule has 0 unspecified atom stereocenters. The van der Waals surface area contributed by atoms with Gasteiger partial charge in [-0.1, -0.05) is 54.6 Å². The van der Waals surface area contributed by atoms with Crippen LogP contribution in [0.2, 0.25) is 0 Å². The lowest BCUT2D eigenvalue weighted by Crippen LogP contribution is -2.43. The highest BCUT2D eigenvalue weighted by Gasteiger charge is 2.51. The number of hydrogen-bond donors (Lipinski definition) is 1. The zero-order valence-electron chi connectivity index (χ0n) is 21.8. The van der Waals surface area contributed by atoms with E-state index in [0.29, 0.717) is 10.8 Å². The number of carbonyl (C=O) groups is 3. The molecule has 5 rings (SSSR count). The van der Waals surface area contributed by atoms with Gasteiger partial charge < -0.3 is 18.9 Å². The van der Waals surface area contributed by atoms with Crippen LogP contribution >= 0.6 is 0 Å². The van der Waals surface area contributed by atoms with E-state index in [1.807, 2.05) is 4.98 Å². The first-order chi connectivity index (χ1) is 20.3. The van der Waals surface area contributed by atoms with Crippen LogP contribution in [0.3, 0.4) is 0 Å². The normalized spacial score (nSPS) is 19.5. The molecule has 12 heteroatoms. The smallest absolute Gasteiger partial charge is 0.338 e. The Morgan fingerprint density at radius 2 is 1.21 bits per heavy atom. The summed E-state index contributed by atoms with van der Waals surface area (Å²) in [6.07, 6.45) is -5.28. The Morgan fingerprint density at radius 1 is 0.738 bits per heavy atom. The Labute approximate surface area is 237 Å². The first-order valence-corrected chi connectivity index (χ1v) is 12.7. The number of aromatic amines is 1. The molecule has 0 amide bonds. The molecular formula is C30H23FN2O9. The van der Waals surface area contributed by atoms with Gasteiger partial charge in [-0.3, -0.25) is 14.3 Å². The molecule has 1 aliphatic rings. The number of hydrogen-bond acceptors (Lipinski definition) is 9. The molecule has 42 heavy (non-hydrogen) atoms. The fourth-order valence-electron chi connectivity index (χ4n) is 4.33. The molecule has 0 aliphatic carbocycles. The maximum Gasteiger partial charge on any atom is 0.338 e. The number of aromatic nitrogens is 2. The molecule has 1 N–H and O–H groups in total. The van der Waals surface area contributed by atoms with Crippen LogP contribution in [-0.4, -0.2) is 52.4 Å². The first kappa shape index (κ1) is 28.2. The van der Waals surface area contributed by atoms with Crippen molar-refractivity contribution in [1.82, 2.24) is 9.55 Å². The topological polar surface area (TPSA) is 143 Å².